The zero-order valence-corrected chi connectivity index (χ0v) is 12.1. The molecule has 0 radical (unpaired) electrons. The van der Waals surface area contributed by atoms with E-state index >= 15 is 0 Å². The Bertz CT molecular complexity index is 516. The first-order chi connectivity index (χ1) is 9.95. The first kappa shape index (κ1) is 15.4. The van der Waals surface area contributed by atoms with E-state index in [0.717, 1.165) is 0 Å². The number of hydrogen-bond acceptors (Lipinski definition) is 6. The third-order valence-corrected chi connectivity index (χ3v) is 3.24. The smallest absolute Gasteiger partial charge is 0.334 e. The molecule has 116 valence electrons. The van der Waals surface area contributed by atoms with Gasteiger partial charge in [-0.2, -0.15) is 4.98 Å². The van der Waals surface area contributed by atoms with Gasteiger partial charge in [-0.3, -0.25) is 4.79 Å². The third-order valence-electron chi connectivity index (χ3n) is 3.24. The van der Waals surface area contributed by atoms with Crippen LogP contribution in [-0.4, -0.2) is 57.3 Å². The van der Waals surface area contributed by atoms with Gasteiger partial charge in [0.25, 0.3) is 0 Å². The topological polar surface area (TPSA) is 106 Å². The van der Waals surface area contributed by atoms with Crippen LogP contribution in [0.4, 0.5) is 0 Å². The number of hydrogen-bond donors (Lipinski definition) is 1. The number of amides is 1. The van der Waals surface area contributed by atoms with Crippen molar-refractivity contribution in [3.8, 4) is 0 Å². The van der Waals surface area contributed by atoms with Gasteiger partial charge in [-0.1, -0.05) is 5.16 Å². The Morgan fingerprint density at radius 1 is 1.43 bits per heavy atom. The minimum absolute atomic E-state index is 0.0763. The van der Waals surface area contributed by atoms with Crippen molar-refractivity contribution in [2.75, 3.05) is 13.1 Å². The molecule has 0 aliphatic carbocycles. The first-order valence-electron chi connectivity index (χ1n) is 6.91. The average Bonchev–Trinajstić information content (AvgIpc) is 2.83. The van der Waals surface area contributed by atoms with Gasteiger partial charge in [-0.25, -0.2) is 4.79 Å². The number of aliphatic carboxylic acids is 1. The molecule has 1 aliphatic heterocycles. The number of ether oxygens (including phenoxy) is 1. The molecule has 0 spiro atoms. The van der Waals surface area contributed by atoms with Crippen molar-refractivity contribution >= 4 is 11.9 Å². The van der Waals surface area contributed by atoms with Gasteiger partial charge in [0.2, 0.25) is 11.8 Å². The summed E-state index contributed by atoms with van der Waals surface area (Å²) >= 11 is 0. The Morgan fingerprint density at radius 2 is 2.19 bits per heavy atom. The fourth-order valence-corrected chi connectivity index (χ4v) is 2.28. The molecule has 1 unspecified atom stereocenters. The lowest BCUT2D eigenvalue weighted by Gasteiger charge is -2.35. The van der Waals surface area contributed by atoms with Gasteiger partial charge in [0.15, 0.2) is 11.9 Å². The number of carboxylic acid groups (broad SMARTS) is 1. The average molecular weight is 297 g/mol. The summed E-state index contributed by atoms with van der Waals surface area (Å²) in [5.74, 6) is -0.0324. The van der Waals surface area contributed by atoms with Gasteiger partial charge >= 0.3 is 5.97 Å². The fourth-order valence-electron chi connectivity index (χ4n) is 2.28. The van der Waals surface area contributed by atoms with Gasteiger partial charge in [0, 0.05) is 19.4 Å². The molecule has 2 rings (SSSR count). The molecule has 0 bridgehead atoms. The van der Waals surface area contributed by atoms with Crippen LogP contribution in [0.3, 0.4) is 0 Å². The maximum atomic E-state index is 12.1. The number of carbonyl (C=O) groups is 2. The van der Waals surface area contributed by atoms with E-state index in [0.29, 0.717) is 37.5 Å². The molecule has 0 aromatic carbocycles. The zero-order chi connectivity index (χ0) is 15.4. The predicted molar refractivity (Wildman–Crippen MR) is 70.5 cm³/mol. The van der Waals surface area contributed by atoms with E-state index in [-0.39, 0.29) is 18.6 Å². The second kappa shape index (κ2) is 6.66. The Balaban J connectivity index is 1.80. The largest absolute Gasteiger partial charge is 0.479 e. The Morgan fingerprint density at radius 3 is 2.81 bits per heavy atom. The van der Waals surface area contributed by atoms with E-state index in [1.54, 1.807) is 18.7 Å². The van der Waals surface area contributed by atoms with Gasteiger partial charge in [-0.15, -0.1) is 0 Å². The lowest BCUT2D eigenvalue weighted by Crippen LogP contribution is -2.51. The summed E-state index contributed by atoms with van der Waals surface area (Å²) in [6.45, 7) is 4.01. The zero-order valence-electron chi connectivity index (χ0n) is 12.1. The number of rotatable bonds is 5. The second-order valence-corrected chi connectivity index (χ2v) is 5.16. The molecule has 2 heterocycles. The number of morpholine rings is 1. The molecule has 1 fully saturated rings. The van der Waals surface area contributed by atoms with Crippen LogP contribution < -0.4 is 0 Å². The van der Waals surface area contributed by atoms with Crippen LogP contribution in [0.2, 0.25) is 0 Å². The maximum Gasteiger partial charge on any atom is 0.334 e. The molecule has 1 saturated heterocycles. The van der Waals surface area contributed by atoms with Crippen LogP contribution in [0.25, 0.3) is 0 Å². The van der Waals surface area contributed by atoms with E-state index < -0.39 is 12.1 Å². The molecule has 1 aromatic heterocycles. The quantitative estimate of drug-likeness (QED) is 0.838. The fraction of sp³-hybridized carbons (Fsp3) is 0.692. The summed E-state index contributed by atoms with van der Waals surface area (Å²) in [6, 6.07) is 0. The van der Waals surface area contributed by atoms with Crippen molar-refractivity contribution < 1.29 is 24.0 Å². The summed E-state index contributed by atoms with van der Waals surface area (Å²) in [5, 5.41) is 12.7. The third kappa shape index (κ3) is 4.25. The molecule has 0 saturated carbocycles. The molecule has 1 N–H and O–H groups in total. The van der Waals surface area contributed by atoms with Crippen LogP contribution in [0.15, 0.2) is 4.52 Å². The predicted octanol–water partition coefficient (Wildman–Crippen LogP) is 0.401. The Hall–Kier alpha value is -1.96. The summed E-state index contributed by atoms with van der Waals surface area (Å²) in [7, 11) is 0. The molecule has 8 nitrogen and oxygen atoms in total. The number of carbonyl (C=O) groups excluding carboxylic acids is 1. The van der Waals surface area contributed by atoms with Gasteiger partial charge in [0.1, 0.15) is 0 Å². The number of nitrogens with zero attached hydrogens (tertiary/aromatic N) is 3. The highest BCUT2D eigenvalue weighted by atomic mass is 16.5. The lowest BCUT2D eigenvalue weighted by molar-refractivity contribution is -0.166. The molecule has 2 atom stereocenters. The highest BCUT2D eigenvalue weighted by Gasteiger charge is 2.32. The Labute approximate surface area is 122 Å². The monoisotopic (exact) mass is 297 g/mol. The SMILES string of the molecule is Cc1noc(CCCC(=O)N2CC(C(=O)O)O[C@H](C)C2)n1. The molecular formula is C13H19N3O5. The summed E-state index contributed by atoms with van der Waals surface area (Å²) in [6.07, 6.45) is 0.220. The minimum atomic E-state index is -1.04. The van der Waals surface area contributed by atoms with Gasteiger partial charge in [0.05, 0.1) is 12.6 Å². The molecule has 1 aliphatic rings. The summed E-state index contributed by atoms with van der Waals surface area (Å²) < 4.78 is 10.3. The van der Waals surface area contributed by atoms with E-state index in [9.17, 15) is 9.59 Å². The number of aryl methyl sites for hydroxylation is 2. The Kier molecular flexibility index (Phi) is 4.89. The van der Waals surface area contributed by atoms with Gasteiger partial charge < -0.3 is 19.3 Å². The van der Waals surface area contributed by atoms with Crippen molar-refractivity contribution in [2.45, 2.75) is 45.3 Å². The van der Waals surface area contributed by atoms with Crippen molar-refractivity contribution in [1.82, 2.24) is 15.0 Å². The van der Waals surface area contributed by atoms with Crippen LogP contribution in [0.5, 0.6) is 0 Å². The number of carboxylic acids is 1. The lowest BCUT2D eigenvalue weighted by atomic mass is 10.1. The molecular weight excluding hydrogens is 278 g/mol. The van der Waals surface area contributed by atoms with Crippen LogP contribution in [0.1, 0.15) is 31.5 Å². The van der Waals surface area contributed by atoms with Crippen LogP contribution in [-0.2, 0) is 20.7 Å². The van der Waals surface area contributed by atoms with E-state index in [1.165, 1.54) is 0 Å². The van der Waals surface area contributed by atoms with E-state index in [1.807, 2.05) is 0 Å². The standard InChI is InChI=1S/C13H19N3O5/c1-8-6-16(7-10(20-8)13(18)19)12(17)5-3-4-11-14-9(2)15-21-11/h8,10H,3-7H2,1-2H3,(H,18,19)/t8-,10?/m1/s1. The van der Waals surface area contributed by atoms with E-state index in [4.69, 9.17) is 14.4 Å². The second-order valence-electron chi connectivity index (χ2n) is 5.16. The normalized spacial score (nSPS) is 22.3. The maximum absolute atomic E-state index is 12.1. The highest BCUT2D eigenvalue weighted by molar-refractivity contribution is 5.78. The number of aromatic nitrogens is 2. The molecule has 21 heavy (non-hydrogen) atoms. The highest BCUT2D eigenvalue weighted by Crippen LogP contribution is 2.14. The van der Waals surface area contributed by atoms with Crippen molar-refractivity contribution in [3.63, 3.8) is 0 Å². The van der Waals surface area contributed by atoms with Crippen molar-refractivity contribution in [3.05, 3.63) is 11.7 Å². The van der Waals surface area contributed by atoms with E-state index in [2.05, 4.69) is 10.1 Å². The first-order valence-corrected chi connectivity index (χ1v) is 6.91. The van der Waals surface area contributed by atoms with Gasteiger partial charge in [-0.05, 0) is 20.3 Å². The van der Waals surface area contributed by atoms with Crippen LogP contribution in [0, 0.1) is 6.92 Å². The van der Waals surface area contributed by atoms with Crippen molar-refractivity contribution in [2.24, 2.45) is 0 Å². The molecule has 1 aromatic rings. The summed E-state index contributed by atoms with van der Waals surface area (Å²) in [4.78, 5) is 28.7. The molecule has 8 heteroatoms. The summed E-state index contributed by atoms with van der Waals surface area (Å²) in [5.41, 5.74) is 0. The van der Waals surface area contributed by atoms with Crippen LogP contribution >= 0.6 is 0 Å². The molecule has 1 amide bonds. The van der Waals surface area contributed by atoms with Crippen molar-refractivity contribution in [1.29, 1.82) is 0 Å². The minimum Gasteiger partial charge on any atom is -0.479 e.